The molecule has 186 valence electrons. The molecule has 0 aromatic rings. The van der Waals surface area contributed by atoms with Gasteiger partial charge in [0, 0.05) is 19.5 Å². The van der Waals surface area contributed by atoms with Crippen LogP contribution in [0.3, 0.4) is 0 Å². The van der Waals surface area contributed by atoms with Crippen LogP contribution in [0.15, 0.2) is 35.5 Å². The molecule has 4 nitrogen and oxygen atoms in total. The summed E-state index contributed by atoms with van der Waals surface area (Å²) in [5.74, 6) is 2.00. The number of aliphatic hydroxyl groups is 3. The molecular weight excluding hydrogens is 410 g/mol. The third kappa shape index (κ3) is 5.19. The first kappa shape index (κ1) is 25.2. The van der Waals surface area contributed by atoms with Crippen molar-refractivity contribution < 1.29 is 15.3 Å². The van der Waals surface area contributed by atoms with E-state index in [0.717, 1.165) is 56.0 Å². The molecule has 3 aliphatic carbocycles. The summed E-state index contributed by atoms with van der Waals surface area (Å²) < 4.78 is 0. The molecule has 4 rings (SSSR count). The number of likely N-dealkylation sites (tertiary alicyclic amines) is 1. The molecule has 0 spiro atoms. The van der Waals surface area contributed by atoms with Gasteiger partial charge >= 0.3 is 0 Å². The molecule has 0 aromatic heterocycles. The maximum absolute atomic E-state index is 10.8. The predicted octanol–water partition coefficient (Wildman–Crippen LogP) is 5.00. The molecule has 0 bridgehead atoms. The van der Waals surface area contributed by atoms with Crippen molar-refractivity contribution in [1.82, 2.24) is 4.90 Å². The van der Waals surface area contributed by atoms with E-state index >= 15 is 0 Å². The van der Waals surface area contributed by atoms with Crippen LogP contribution in [0.4, 0.5) is 0 Å². The number of rotatable bonds is 5. The smallest absolute Gasteiger partial charge is 0.0811 e. The number of β-amino-alcohol motifs (C(OH)–C–C–N with tert-alkyl or cyclic N) is 1. The van der Waals surface area contributed by atoms with E-state index < -0.39 is 17.8 Å². The summed E-state index contributed by atoms with van der Waals surface area (Å²) in [4.78, 5) is 2.53. The average Bonchev–Trinajstić information content (AvgIpc) is 3.13. The number of nitrogens with zero attached hydrogens (tertiary/aromatic N) is 1. The predicted molar refractivity (Wildman–Crippen MR) is 135 cm³/mol. The van der Waals surface area contributed by atoms with Crippen molar-refractivity contribution in [2.75, 3.05) is 19.6 Å². The minimum Gasteiger partial charge on any atom is -0.393 e. The number of piperidine rings is 1. The van der Waals surface area contributed by atoms with Crippen LogP contribution in [0.5, 0.6) is 0 Å². The van der Waals surface area contributed by atoms with Crippen LogP contribution < -0.4 is 0 Å². The Morgan fingerprint density at radius 2 is 1.97 bits per heavy atom. The average molecular weight is 458 g/mol. The van der Waals surface area contributed by atoms with Crippen molar-refractivity contribution in [3.63, 3.8) is 0 Å². The fourth-order valence-corrected chi connectivity index (χ4v) is 7.86. The Labute approximate surface area is 201 Å². The van der Waals surface area contributed by atoms with Gasteiger partial charge in [-0.3, -0.25) is 0 Å². The molecule has 3 N–H and O–H groups in total. The van der Waals surface area contributed by atoms with E-state index in [-0.39, 0.29) is 0 Å². The molecule has 0 aromatic carbocycles. The standard InChI is InChI=1S/C29H47NO3/c1-5-29(33)14-7-15-30(19-29)18-20(2)25-11-12-26-22(8-6-13-28(25,26)4)9-10-23-16-24(31)17-27(32)21(23)3/h9-10,20,24-27,31-33H,3,5-8,11-19H2,1-2,4H3/b22-9+,23-10-/t20-,24-,25-,26+,27+,28-,29?/m1/s1. The largest absolute Gasteiger partial charge is 0.393 e. The highest BCUT2D eigenvalue weighted by Crippen LogP contribution is 2.59. The monoisotopic (exact) mass is 457 g/mol. The topological polar surface area (TPSA) is 63.9 Å². The number of allylic oxidation sites excluding steroid dienone is 3. The zero-order valence-electron chi connectivity index (χ0n) is 21.2. The second-order valence-electron chi connectivity index (χ2n) is 12.1. The van der Waals surface area contributed by atoms with Gasteiger partial charge in [0.05, 0.1) is 17.8 Å². The lowest BCUT2D eigenvalue weighted by Gasteiger charge is -2.46. The molecule has 1 unspecified atom stereocenters. The molecular formula is C29H47NO3. The fraction of sp³-hybridized carbons (Fsp3) is 0.793. The van der Waals surface area contributed by atoms with E-state index in [1.165, 1.54) is 32.1 Å². The summed E-state index contributed by atoms with van der Waals surface area (Å²) in [6.07, 6.45) is 13.6. The number of hydrogen-bond acceptors (Lipinski definition) is 4. The maximum Gasteiger partial charge on any atom is 0.0811 e. The van der Waals surface area contributed by atoms with Gasteiger partial charge in [0.2, 0.25) is 0 Å². The third-order valence-electron chi connectivity index (χ3n) is 9.83. The molecule has 0 amide bonds. The summed E-state index contributed by atoms with van der Waals surface area (Å²) in [6.45, 7) is 14.3. The van der Waals surface area contributed by atoms with Gasteiger partial charge in [0.15, 0.2) is 0 Å². The van der Waals surface area contributed by atoms with Gasteiger partial charge in [-0.25, -0.2) is 0 Å². The summed E-state index contributed by atoms with van der Waals surface area (Å²) in [5.41, 5.74) is 3.21. The van der Waals surface area contributed by atoms with Gasteiger partial charge in [-0.15, -0.1) is 0 Å². The van der Waals surface area contributed by atoms with E-state index in [2.05, 4.69) is 44.4 Å². The summed E-state index contributed by atoms with van der Waals surface area (Å²) in [7, 11) is 0. The zero-order valence-corrected chi connectivity index (χ0v) is 21.2. The molecule has 3 saturated carbocycles. The normalized spacial score (nSPS) is 43.8. The van der Waals surface area contributed by atoms with Crippen molar-refractivity contribution in [3.8, 4) is 0 Å². The summed E-state index contributed by atoms with van der Waals surface area (Å²) >= 11 is 0. The van der Waals surface area contributed by atoms with Crippen molar-refractivity contribution in [2.24, 2.45) is 23.2 Å². The van der Waals surface area contributed by atoms with Crippen molar-refractivity contribution >= 4 is 0 Å². The lowest BCUT2D eigenvalue weighted by molar-refractivity contribution is -0.0420. The van der Waals surface area contributed by atoms with Crippen molar-refractivity contribution in [3.05, 3.63) is 35.5 Å². The molecule has 0 radical (unpaired) electrons. The fourth-order valence-electron chi connectivity index (χ4n) is 7.86. The van der Waals surface area contributed by atoms with Crippen LogP contribution >= 0.6 is 0 Å². The second kappa shape index (κ2) is 9.97. The SMILES string of the molecule is C=C1/C(=C\C=C2/CCC[C@]3(C)[C@@H]([C@H](C)CN4CCCC(O)(CC)C4)CC[C@@H]23)C[C@@H](O)C[C@@H]1O. The highest BCUT2D eigenvalue weighted by Gasteiger charge is 2.51. The first-order valence-electron chi connectivity index (χ1n) is 13.5. The highest BCUT2D eigenvalue weighted by molar-refractivity contribution is 5.38. The third-order valence-corrected chi connectivity index (χ3v) is 9.83. The van der Waals surface area contributed by atoms with Gasteiger partial charge in [0.25, 0.3) is 0 Å². The van der Waals surface area contributed by atoms with Gasteiger partial charge < -0.3 is 20.2 Å². The van der Waals surface area contributed by atoms with Crippen LogP contribution in [0.2, 0.25) is 0 Å². The Morgan fingerprint density at radius 3 is 2.73 bits per heavy atom. The quantitative estimate of drug-likeness (QED) is 0.544. The number of aliphatic hydroxyl groups excluding tert-OH is 2. The van der Waals surface area contributed by atoms with Gasteiger partial charge in [-0.05, 0) is 98.6 Å². The molecule has 4 fully saturated rings. The molecule has 1 saturated heterocycles. The number of hydrogen-bond donors (Lipinski definition) is 3. The van der Waals surface area contributed by atoms with Crippen LogP contribution in [0.25, 0.3) is 0 Å². The lowest BCUT2D eigenvalue weighted by Crippen LogP contribution is -2.50. The maximum atomic E-state index is 10.8. The second-order valence-corrected chi connectivity index (χ2v) is 12.1. The molecule has 1 heterocycles. The molecule has 33 heavy (non-hydrogen) atoms. The summed E-state index contributed by atoms with van der Waals surface area (Å²) in [5, 5.41) is 31.1. The van der Waals surface area contributed by atoms with E-state index in [9.17, 15) is 15.3 Å². The minimum atomic E-state index is -0.619. The van der Waals surface area contributed by atoms with Gasteiger partial charge in [-0.2, -0.15) is 0 Å². The van der Waals surface area contributed by atoms with Crippen molar-refractivity contribution in [2.45, 2.75) is 103 Å². The first-order valence-corrected chi connectivity index (χ1v) is 13.5. The summed E-state index contributed by atoms with van der Waals surface area (Å²) in [6, 6.07) is 0. The Balaban J connectivity index is 1.45. The molecule has 4 aliphatic rings. The molecule has 7 atom stereocenters. The van der Waals surface area contributed by atoms with Crippen molar-refractivity contribution in [1.29, 1.82) is 0 Å². The Bertz CT molecular complexity index is 788. The van der Waals surface area contributed by atoms with E-state index in [1.807, 2.05) is 0 Å². The van der Waals surface area contributed by atoms with Crippen LogP contribution in [0, 0.1) is 23.2 Å². The van der Waals surface area contributed by atoms with E-state index in [4.69, 9.17) is 0 Å². The first-order chi connectivity index (χ1) is 15.6. The van der Waals surface area contributed by atoms with Gasteiger partial charge in [-0.1, -0.05) is 45.1 Å². The van der Waals surface area contributed by atoms with E-state index in [0.29, 0.717) is 30.1 Å². The van der Waals surface area contributed by atoms with E-state index in [1.54, 1.807) is 5.57 Å². The number of fused-ring (bicyclic) bond motifs is 1. The molecule has 4 heteroatoms. The highest BCUT2D eigenvalue weighted by atomic mass is 16.3. The Kier molecular flexibility index (Phi) is 7.60. The van der Waals surface area contributed by atoms with Crippen LogP contribution in [-0.4, -0.2) is 57.7 Å². The Morgan fingerprint density at radius 1 is 1.18 bits per heavy atom. The molecule has 1 aliphatic heterocycles. The minimum absolute atomic E-state index is 0.349. The van der Waals surface area contributed by atoms with Crippen LogP contribution in [0.1, 0.15) is 85.0 Å². The van der Waals surface area contributed by atoms with Gasteiger partial charge in [0.1, 0.15) is 0 Å². The lowest BCUT2D eigenvalue weighted by atomic mass is 9.61. The van der Waals surface area contributed by atoms with Crippen LogP contribution in [-0.2, 0) is 0 Å². The zero-order chi connectivity index (χ0) is 23.8. The Hall–Kier alpha value is -0.940.